The van der Waals surface area contributed by atoms with Gasteiger partial charge in [-0.2, -0.15) is 0 Å². The van der Waals surface area contributed by atoms with Crippen molar-refractivity contribution in [1.29, 1.82) is 0 Å². The number of likely N-dealkylation sites (N-methyl/N-ethyl adjacent to an activating group) is 1. The standard InChI is InChI=1S/C17H22N2O3/c1-3-14-13(12-6-4-5-7-15(12)22-14)11-19(2)17(20)16-10-18-8-9-21-16/h4-7,16,18H,3,8-11H2,1-2H3. The number of morpholine rings is 1. The molecular weight excluding hydrogens is 280 g/mol. The fourth-order valence-electron chi connectivity index (χ4n) is 2.89. The predicted octanol–water partition coefficient (Wildman–Crippen LogP) is 1.94. The van der Waals surface area contributed by atoms with E-state index in [0.29, 0.717) is 19.7 Å². The molecule has 0 saturated carbocycles. The summed E-state index contributed by atoms with van der Waals surface area (Å²) < 4.78 is 11.4. The van der Waals surface area contributed by atoms with Crippen LogP contribution in [0.1, 0.15) is 18.2 Å². The van der Waals surface area contributed by atoms with Crippen LogP contribution in [0.25, 0.3) is 11.0 Å². The van der Waals surface area contributed by atoms with Crippen LogP contribution in [-0.2, 0) is 22.5 Å². The maximum atomic E-state index is 12.5. The van der Waals surface area contributed by atoms with Crippen LogP contribution in [-0.4, -0.2) is 43.7 Å². The number of nitrogens with one attached hydrogen (secondary N) is 1. The summed E-state index contributed by atoms with van der Waals surface area (Å²) in [5.41, 5.74) is 1.98. The molecule has 3 rings (SSSR count). The minimum atomic E-state index is -0.387. The van der Waals surface area contributed by atoms with Crippen molar-refractivity contribution >= 4 is 16.9 Å². The maximum Gasteiger partial charge on any atom is 0.253 e. The lowest BCUT2D eigenvalue weighted by atomic mass is 10.1. The second-order valence-electron chi connectivity index (χ2n) is 5.61. The zero-order chi connectivity index (χ0) is 15.5. The summed E-state index contributed by atoms with van der Waals surface area (Å²) in [7, 11) is 1.82. The summed E-state index contributed by atoms with van der Waals surface area (Å²) in [6, 6.07) is 7.97. The number of nitrogens with zero attached hydrogens (tertiary/aromatic N) is 1. The average molecular weight is 302 g/mol. The van der Waals surface area contributed by atoms with Gasteiger partial charge in [0.1, 0.15) is 17.4 Å². The first-order valence-corrected chi connectivity index (χ1v) is 7.77. The Morgan fingerprint density at radius 1 is 1.41 bits per heavy atom. The van der Waals surface area contributed by atoms with Crippen LogP contribution in [0, 0.1) is 0 Å². The third-order valence-corrected chi connectivity index (χ3v) is 4.08. The lowest BCUT2D eigenvalue weighted by Crippen LogP contribution is -2.48. The molecule has 2 aromatic rings. The monoisotopic (exact) mass is 302 g/mol. The topological polar surface area (TPSA) is 54.7 Å². The van der Waals surface area contributed by atoms with Gasteiger partial charge in [0.25, 0.3) is 5.91 Å². The molecule has 1 atom stereocenters. The number of carbonyl (C=O) groups excluding carboxylic acids is 1. The molecule has 0 aliphatic carbocycles. The van der Waals surface area contributed by atoms with E-state index in [1.54, 1.807) is 4.90 Å². The molecule has 1 saturated heterocycles. The van der Waals surface area contributed by atoms with E-state index in [9.17, 15) is 4.79 Å². The first kappa shape index (κ1) is 15.1. The number of ether oxygens (including phenoxy) is 1. The van der Waals surface area contributed by atoms with Crippen molar-refractivity contribution in [3.05, 3.63) is 35.6 Å². The fourth-order valence-corrected chi connectivity index (χ4v) is 2.89. The molecule has 1 fully saturated rings. The number of aryl methyl sites for hydroxylation is 1. The lowest BCUT2D eigenvalue weighted by Gasteiger charge is -2.27. The van der Waals surface area contributed by atoms with Gasteiger partial charge in [-0.05, 0) is 6.07 Å². The van der Waals surface area contributed by atoms with Gasteiger partial charge in [0.2, 0.25) is 0 Å². The molecular formula is C17H22N2O3. The van der Waals surface area contributed by atoms with Crippen molar-refractivity contribution in [2.24, 2.45) is 0 Å². The van der Waals surface area contributed by atoms with E-state index in [1.165, 1.54) is 0 Å². The maximum absolute atomic E-state index is 12.5. The number of benzene rings is 1. The zero-order valence-electron chi connectivity index (χ0n) is 13.1. The fraction of sp³-hybridized carbons (Fsp3) is 0.471. The van der Waals surface area contributed by atoms with Crippen molar-refractivity contribution in [2.45, 2.75) is 26.0 Å². The van der Waals surface area contributed by atoms with Gasteiger partial charge in [0, 0.05) is 44.1 Å². The highest BCUT2D eigenvalue weighted by Crippen LogP contribution is 2.27. The van der Waals surface area contributed by atoms with Gasteiger partial charge >= 0.3 is 0 Å². The Hall–Kier alpha value is -1.85. The van der Waals surface area contributed by atoms with Crippen LogP contribution in [0.15, 0.2) is 28.7 Å². The first-order valence-electron chi connectivity index (χ1n) is 7.77. The van der Waals surface area contributed by atoms with Crippen molar-refractivity contribution in [3.8, 4) is 0 Å². The van der Waals surface area contributed by atoms with Gasteiger partial charge in [0.05, 0.1) is 6.61 Å². The number of fused-ring (bicyclic) bond motifs is 1. The number of rotatable bonds is 4. The molecule has 1 aliphatic heterocycles. The molecule has 0 radical (unpaired) electrons. The van der Waals surface area contributed by atoms with E-state index in [1.807, 2.05) is 31.3 Å². The molecule has 5 heteroatoms. The summed E-state index contributed by atoms with van der Waals surface area (Å²) in [6.07, 6.45) is 0.426. The SMILES string of the molecule is CCc1oc2ccccc2c1CN(C)C(=O)C1CNCCO1. The summed E-state index contributed by atoms with van der Waals surface area (Å²) in [5.74, 6) is 0.961. The normalized spacial score (nSPS) is 18.5. The van der Waals surface area contributed by atoms with E-state index in [4.69, 9.17) is 9.15 Å². The smallest absolute Gasteiger partial charge is 0.253 e. The van der Waals surface area contributed by atoms with E-state index in [-0.39, 0.29) is 12.0 Å². The number of hydrogen-bond donors (Lipinski definition) is 1. The zero-order valence-corrected chi connectivity index (χ0v) is 13.1. The van der Waals surface area contributed by atoms with Gasteiger partial charge in [-0.15, -0.1) is 0 Å². The molecule has 118 valence electrons. The highest BCUT2D eigenvalue weighted by atomic mass is 16.5. The molecule has 22 heavy (non-hydrogen) atoms. The Labute approximate surface area is 130 Å². The molecule has 1 unspecified atom stereocenters. The second kappa shape index (κ2) is 6.50. The Kier molecular flexibility index (Phi) is 4.45. The van der Waals surface area contributed by atoms with Crippen LogP contribution >= 0.6 is 0 Å². The Morgan fingerprint density at radius 2 is 2.23 bits per heavy atom. The van der Waals surface area contributed by atoms with Crippen molar-refractivity contribution in [1.82, 2.24) is 10.2 Å². The molecule has 1 N–H and O–H groups in total. The average Bonchev–Trinajstić information content (AvgIpc) is 2.93. The van der Waals surface area contributed by atoms with Crippen LogP contribution in [0.4, 0.5) is 0 Å². The van der Waals surface area contributed by atoms with Crippen LogP contribution in [0.3, 0.4) is 0 Å². The van der Waals surface area contributed by atoms with E-state index in [2.05, 4.69) is 12.2 Å². The van der Waals surface area contributed by atoms with Gasteiger partial charge in [-0.25, -0.2) is 0 Å². The van der Waals surface area contributed by atoms with Crippen molar-refractivity contribution < 1.29 is 13.9 Å². The minimum absolute atomic E-state index is 0.0135. The highest BCUT2D eigenvalue weighted by Gasteiger charge is 2.26. The molecule has 0 spiro atoms. The molecule has 0 bridgehead atoms. The van der Waals surface area contributed by atoms with Gasteiger partial charge in [0.15, 0.2) is 0 Å². The number of amides is 1. The molecule has 1 aromatic carbocycles. The van der Waals surface area contributed by atoms with Gasteiger partial charge in [-0.1, -0.05) is 25.1 Å². The molecule has 2 heterocycles. The summed E-state index contributed by atoms with van der Waals surface area (Å²) in [6.45, 7) is 4.57. The molecule has 1 aromatic heterocycles. The highest BCUT2D eigenvalue weighted by molar-refractivity contribution is 5.84. The largest absolute Gasteiger partial charge is 0.461 e. The van der Waals surface area contributed by atoms with Crippen LogP contribution in [0.5, 0.6) is 0 Å². The van der Waals surface area contributed by atoms with Crippen LogP contribution in [0.2, 0.25) is 0 Å². The van der Waals surface area contributed by atoms with Crippen molar-refractivity contribution in [3.63, 3.8) is 0 Å². The van der Waals surface area contributed by atoms with Crippen molar-refractivity contribution in [2.75, 3.05) is 26.7 Å². The summed E-state index contributed by atoms with van der Waals surface area (Å²) in [5, 5.41) is 4.28. The lowest BCUT2D eigenvalue weighted by molar-refractivity contribution is -0.144. The molecule has 1 aliphatic rings. The van der Waals surface area contributed by atoms with Gasteiger partial charge in [-0.3, -0.25) is 4.79 Å². The number of para-hydroxylation sites is 1. The van der Waals surface area contributed by atoms with E-state index in [0.717, 1.165) is 35.3 Å². The van der Waals surface area contributed by atoms with E-state index < -0.39 is 0 Å². The summed E-state index contributed by atoms with van der Waals surface area (Å²) in [4.78, 5) is 14.2. The minimum Gasteiger partial charge on any atom is -0.461 e. The molecule has 5 nitrogen and oxygen atoms in total. The number of carbonyl (C=O) groups is 1. The first-order chi connectivity index (χ1) is 10.7. The predicted molar refractivity (Wildman–Crippen MR) is 84.7 cm³/mol. The van der Waals surface area contributed by atoms with Crippen LogP contribution < -0.4 is 5.32 Å². The Bertz CT molecular complexity index is 659. The van der Waals surface area contributed by atoms with E-state index >= 15 is 0 Å². The third kappa shape index (κ3) is 2.87. The number of furan rings is 1. The number of hydrogen-bond acceptors (Lipinski definition) is 4. The third-order valence-electron chi connectivity index (χ3n) is 4.08. The second-order valence-corrected chi connectivity index (χ2v) is 5.61. The summed E-state index contributed by atoms with van der Waals surface area (Å²) >= 11 is 0. The molecule has 1 amide bonds. The van der Waals surface area contributed by atoms with Gasteiger partial charge < -0.3 is 19.4 Å². The quantitative estimate of drug-likeness (QED) is 0.938. The Morgan fingerprint density at radius 3 is 2.95 bits per heavy atom. The Balaban J connectivity index is 1.81.